The topological polar surface area (TPSA) is 0 Å². The molecule has 0 bridgehead atoms. The predicted octanol–water partition coefficient (Wildman–Crippen LogP) is 2.11. The van der Waals surface area contributed by atoms with Crippen LogP contribution in [0.15, 0.2) is 13.2 Å². The molecule has 0 unspecified atom stereocenters. The summed E-state index contributed by atoms with van der Waals surface area (Å²) in [4.78, 5) is 0. The van der Waals surface area contributed by atoms with Crippen molar-refractivity contribution in [2.45, 2.75) is 0 Å². The molecule has 0 radical (unpaired) electrons. The van der Waals surface area contributed by atoms with E-state index in [0.29, 0.717) is 0 Å². The predicted molar refractivity (Wildman–Crippen MR) is 32.7 cm³/mol. The Bertz CT molecular complexity index is 6.14. The van der Waals surface area contributed by atoms with Crippen molar-refractivity contribution in [3.8, 4) is 0 Å². The third-order valence-corrected chi connectivity index (χ3v) is 0. The van der Waals surface area contributed by atoms with Crippen molar-refractivity contribution in [3.05, 3.63) is 41.2 Å². The van der Waals surface area contributed by atoms with Crippen LogP contribution < -0.4 is 0 Å². The fraction of sp³-hybridized carbons (Fsp3) is 0. The van der Waals surface area contributed by atoms with Gasteiger partial charge in [0.2, 0.25) is 0 Å². The van der Waals surface area contributed by atoms with Crippen molar-refractivity contribution in [1.29, 1.82) is 0 Å². The van der Waals surface area contributed by atoms with Gasteiger partial charge in [0, 0.05) is 20.4 Å². The number of hydrogen-bond acceptors (Lipinski definition) is 0. The molecule has 7 heavy (non-hydrogen) atoms. The van der Waals surface area contributed by atoms with E-state index in [-0.39, 0.29) is 35.3 Å². The van der Waals surface area contributed by atoms with E-state index in [1.54, 1.807) is 0 Å². The van der Waals surface area contributed by atoms with Gasteiger partial charge in [-0.3, -0.25) is 13.2 Å². The van der Waals surface area contributed by atoms with Crippen molar-refractivity contribution < 1.29 is 20.4 Å². The minimum absolute atomic E-state index is 0. The molecule has 0 spiro atoms. The van der Waals surface area contributed by atoms with E-state index >= 15 is 0 Å². The Kier molecular flexibility index (Phi) is 67200. The van der Waals surface area contributed by atoms with Crippen LogP contribution >= 0.6 is 0 Å². The van der Waals surface area contributed by atoms with Crippen LogP contribution in [-0.2, 0) is 20.4 Å². The van der Waals surface area contributed by atoms with E-state index in [9.17, 15) is 0 Å². The second-order valence-corrected chi connectivity index (χ2v) is 0. The first-order valence-electron chi connectivity index (χ1n) is 0.816. The zero-order valence-electron chi connectivity index (χ0n) is 4.89. The van der Waals surface area contributed by atoms with Gasteiger partial charge < -0.3 is 28.0 Å². The van der Waals surface area contributed by atoms with Crippen LogP contribution in [0.25, 0.3) is 0 Å². The first-order chi connectivity index (χ1) is 2.00. The molecule has 0 nitrogen and oxygen atoms in total. The summed E-state index contributed by atoms with van der Waals surface area (Å²) in [6, 6.07) is 0. The van der Waals surface area contributed by atoms with Crippen molar-refractivity contribution in [1.82, 2.24) is 0 Å². The van der Waals surface area contributed by atoms with E-state index in [1.807, 2.05) is 0 Å². The van der Waals surface area contributed by atoms with Crippen LogP contribution in [0.5, 0.6) is 0 Å². The largest absolute Gasteiger partial charge is 0.521 e. The standard InChI is InChI=1S/2C2H3.2CH3.Pd/c2*1-2;;;/h2*1H,2H2;2*1H3;/q4*-1;. The van der Waals surface area contributed by atoms with Gasteiger partial charge in [-0.2, -0.15) is 0 Å². The van der Waals surface area contributed by atoms with Crippen LogP contribution in [0.1, 0.15) is 0 Å². The quantitative estimate of drug-likeness (QED) is 0.406. The first-order valence-corrected chi connectivity index (χ1v) is 0.816. The molecule has 0 N–H and O–H groups in total. The van der Waals surface area contributed by atoms with Crippen molar-refractivity contribution in [2.24, 2.45) is 0 Å². The molecule has 0 atom stereocenters. The third-order valence-electron chi connectivity index (χ3n) is 0. The van der Waals surface area contributed by atoms with Crippen molar-refractivity contribution in [2.75, 3.05) is 0 Å². The fourth-order valence-electron chi connectivity index (χ4n) is 0. The van der Waals surface area contributed by atoms with Gasteiger partial charge in [0.1, 0.15) is 0 Å². The summed E-state index contributed by atoms with van der Waals surface area (Å²) in [6.07, 6.45) is 0. The molecule has 1 heteroatoms. The average Bonchev–Trinajstić information content (AvgIpc) is 1.50. The van der Waals surface area contributed by atoms with Crippen LogP contribution in [0.4, 0.5) is 0 Å². The van der Waals surface area contributed by atoms with E-state index in [0.717, 1.165) is 0 Å². The van der Waals surface area contributed by atoms with Gasteiger partial charge in [-0.05, 0) is 0 Å². The van der Waals surface area contributed by atoms with Gasteiger partial charge in [0.15, 0.2) is 0 Å². The molecular formula is C6H12Pd-4. The molecule has 0 saturated carbocycles. The summed E-state index contributed by atoms with van der Waals surface area (Å²) in [7, 11) is 0. The molecule has 0 amide bonds. The van der Waals surface area contributed by atoms with E-state index in [2.05, 4.69) is 26.3 Å². The van der Waals surface area contributed by atoms with Crippen LogP contribution in [-0.4, -0.2) is 0 Å². The summed E-state index contributed by atoms with van der Waals surface area (Å²) < 4.78 is 0. The Labute approximate surface area is 62.0 Å². The Hall–Kier alpha value is 0.142. The van der Waals surface area contributed by atoms with E-state index in [1.165, 1.54) is 0 Å². The molecule has 0 aliphatic heterocycles. The molecular weight excluding hydrogens is 178 g/mol. The summed E-state index contributed by atoms with van der Waals surface area (Å²) in [5, 5.41) is 0. The summed E-state index contributed by atoms with van der Waals surface area (Å²) >= 11 is 0. The van der Waals surface area contributed by atoms with E-state index < -0.39 is 0 Å². The van der Waals surface area contributed by atoms with Gasteiger partial charge in [-0.1, -0.05) is 0 Å². The Balaban J connectivity index is -0.00000000267. The monoisotopic (exact) mass is 190 g/mol. The van der Waals surface area contributed by atoms with Crippen LogP contribution in [0.2, 0.25) is 0 Å². The zero-order chi connectivity index (χ0) is 4.00. The van der Waals surface area contributed by atoms with Gasteiger partial charge >= 0.3 is 0 Å². The average molecular weight is 191 g/mol. The summed E-state index contributed by atoms with van der Waals surface area (Å²) in [6.45, 7) is 14.0. The minimum Gasteiger partial charge on any atom is -0.521 e. The molecule has 0 aliphatic carbocycles. The van der Waals surface area contributed by atoms with Gasteiger partial charge in [0.05, 0.1) is 0 Å². The molecule has 0 aliphatic rings. The smallest absolute Gasteiger partial charge is 0 e. The Morgan fingerprint density at radius 1 is 0.714 bits per heavy atom. The Morgan fingerprint density at radius 3 is 0.714 bits per heavy atom. The summed E-state index contributed by atoms with van der Waals surface area (Å²) in [5.74, 6) is 0. The normalized spacial score (nSPS) is 1.14. The van der Waals surface area contributed by atoms with Gasteiger partial charge in [0.25, 0.3) is 0 Å². The second-order valence-electron chi connectivity index (χ2n) is 0. The first kappa shape index (κ1) is 58.7. The number of rotatable bonds is 0. The molecule has 0 aromatic heterocycles. The minimum atomic E-state index is 0. The maximum atomic E-state index is 4.25. The molecule has 0 aromatic carbocycles. The second kappa shape index (κ2) is 8020. The molecule has 0 fully saturated rings. The molecule has 0 heterocycles. The molecule has 0 rings (SSSR count). The fourth-order valence-corrected chi connectivity index (χ4v) is 0. The summed E-state index contributed by atoms with van der Waals surface area (Å²) in [5.41, 5.74) is 0. The number of hydrogen-bond donors (Lipinski definition) is 0. The van der Waals surface area contributed by atoms with Crippen molar-refractivity contribution >= 4 is 0 Å². The maximum absolute atomic E-state index is 4.25. The third kappa shape index (κ3) is 5200. The SMILES string of the molecule is [CH-]=C.[CH-]=C.[CH3-].[CH3-].[Pd]. The van der Waals surface area contributed by atoms with Gasteiger partial charge in [-0.25, -0.2) is 0 Å². The molecule has 50 valence electrons. The Morgan fingerprint density at radius 2 is 0.714 bits per heavy atom. The molecule has 0 saturated heterocycles. The van der Waals surface area contributed by atoms with Gasteiger partial charge in [-0.15, -0.1) is 0 Å². The van der Waals surface area contributed by atoms with Crippen molar-refractivity contribution in [3.63, 3.8) is 0 Å². The maximum Gasteiger partial charge on any atom is 0 e. The molecule has 0 aromatic rings. The van der Waals surface area contributed by atoms with Crippen LogP contribution in [0, 0.1) is 28.0 Å². The van der Waals surface area contributed by atoms with E-state index in [4.69, 9.17) is 0 Å². The van der Waals surface area contributed by atoms with Crippen LogP contribution in [0.3, 0.4) is 0 Å². The zero-order valence-corrected chi connectivity index (χ0v) is 6.44.